The van der Waals surface area contributed by atoms with E-state index in [0.717, 1.165) is 19.6 Å². The Labute approximate surface area is 142 Å². The summed E-state index contributed by atoms with van der Waals surface area (Å²) in [5, 5.41) is 1.27. The molecule has 2 fully saturated rings. The molecular formula is C17H23N3O3S. The quantitative estimate of drug-likeness (QED) is 0.850. The van der Waals surface area contributed by atoms with E-state index in [-0.39, 0.29) is 12.0 Å². The fourth-order valence-electron chi connectivity index (χ4n) is 4.01. The van der Waals surface area contributed by atoms with Gasteiger partial charge in [-0.15, -0.1) is 0 Å². The van der Waals surface area contributed by atoms with Crippen LogP contribution in [0.5, 0.6) is 0 Å². The Bertz CT molecular complexity index is 832. The summed E-state index contributed by atoms with van der Waals surface area (Å²) < 4.78 is 31.2. The molecule has 24 heavy (non-hydrogen) atoms. The van der Waals surface area contributed by atoms with Crippen LogP contribution in [0.1, 0.15) is 5.56 Å². The topological polar surface area (TPSA) is 74.4 Å². The minimum Gasteiger partial charge on any atom is -0.376 e. The maximum atomic E-state index is 11.3. The monoisotopic (exact) mass is 349 g/mol. The minimum absolute atomic E-state index is 0.224. The van der Waals surface area contributed by atoms with Gasteiger partial charge in [-0.05, 0) is 17.7 Å². The normalized spacial score (nSPS) is 27.8. The highest BCUT2D eigenvalue weighted by molar-refractivity contribution is 7.88. The molecule has 1 aromatic heterocycles. The molecule has 6 nitrogen and oxygen atoms in total. The summed E-state index contributed by atoms with van der Waals surface area (Å²) in [7, 11) is -3.14. The van der Waals surface area contributed by atoms with Gasteiger partial charge in [-0.3, -0.25) is 4.90 Å². The van der Waals surface area contributed by atoms with Gasteiger partial charge in [0.05, 0.1) is 19.0 Å². The molecule has 0 aliphatic carbocycles. The van der Waals surface area contributed by atoms with E-state index in [9.17, 15) is 8.42 Å². The maximum absolute atomic E-state index is 11.3. The summed E-state index contributed by atoms with van der Waals surface area (Å²) in [4.78, 5) is 5.67. The molecule has 4 rings (SSSR count). The first-order chi connectivity index (χ1) is 11.5. The second kappa shape index (κ2) is 6.15. The van der Waals surface area contributed by atoms with Crippen molar-refractivity contribution < 1.29 is 13.2 Å². The Morgan fingerprint density at radius 3 is 3.04 bits per heavy atom. The van der Waals surface area contributed by atoms with E-state index in [1.165, 1.54) is 22.7 Å². The van der Waals surface area contributed by atoms with Crippen LogP contribution in [0.25, 0.3) is 10.9 Å². The first kappa shape index (κ1) is 16.1. The molecule has 2 aliphatic rings. The predicted molar refractivity (Wildman–Crippen MR) is 93.1 cm³/mol. The maximum Gasteiger partial charge on any atom is 0.208 e. The van der Waals surface area contributed by atoms with Crippen LogP contribution in [0.15, 0.2) is 30.5 Å². The van der Waals surface area contributed by atoms with Crippen molar-refractivity contribution in [2.24, 2.45) is 11.8 Å². The summed E-state index contributed by atoms with van der Waals surface area (Å²) in [6, 6.07) is 8.47. The van der Waals surface area contributed by atoms with Gasteiger partial charge in [0.1, 0.15) is 0 Å². The van der Waals surface area contributed by atoms with E-state index in [0.29, 0.717) is 19.1 Å². The molecule has 3 heterocycles. The highest BCUT2D eigenvalue weighted by Gasteiger charge is 2.43. The largest absolute Gasteiger partial charge is 0.376 e. The molecule has 130 valence electrons. The molecule has 2 saturated heterocycles. The number of aromatic amines is 1. The van der Waals surface area contributed by atoms with Crippen LogP contribution >= 0.6 is 0 Å². The van der Waals surface area contributed by atoms with Gasteiger partial charge in [0.25, 0.3) is 0 Å². The molecule has 3 atom stereocenters. The van der Waals surface area contributed by atoms with Gasteiger partial charge < -0.3 is 9.72 Å². The highest BCUT2D eigenvalue weighted by atomic mass is 32.2. The molecule has 0 unspecified atom stereocenters. The number of aromatic nitrogens is 1. The molecule has 7 heteroatoms. The lowest BCUT2D eigenvalue weighted by Gasteiger charge is -2.20. The van der Waals surface area contributed by atoms with Crippen LogP contribution in [-0.4, -0.2) is 56.9 Å². The fraction of sp³-hybridized carbons (Fsp3) is 0.529. The first-order valence-electron chi connectivity index (χ1n) is 8.33. The molecule has 0 amide bonds. The zero-order valence-electron chi connectivity index (χ0n) is 13.7. The molecule has 1 aromatic carbocycles. The van der Waals surface area contributed by atoms with E-state index < -0.39 is 10.0 Å². The van der Waals surface area contributed by atoms with Gasteiger partial charge in [0, 0.05) is 55.1 Å². The summed E-state index contributed by atoms with van der Waals surface area (Å²) in [5.74, 6) is 0.669. The molecule has 0 spiro atoms. The SMILES string of the molecule is CS(=O)(=O)NC[C@@H]1CO[C@H]2CN(Cc3cccc4[nH]ccc34)C[C@@H]12. The summed E-state index contributed by atoms with van der Waals surface area (Å²) >= 11 is 0. The molecule has 0 saturated carbocycles. The van der Waals surface area contributed by atoms with Gasteiger partial charge in [0.2, 0.25) is 10.0 Å². The minimum atomic E-state index is -3.14. The Kier molecular flexibility index (Phi) is 4.12. The second-order valence-electron chi connectivity index (χ2n) is 6.97. The van der Waals surface area contributed by atoms with Crippen molar-refractivity contribution in [1.82, 2.24) is 14.6 Å². The lowest BCUT2D eigenvalue weighted by molar-refractivity contribution is 0.0943. The van der Waals surface area contributed by atoms with Crippen LogP contribution in [0.3, 0.4) is 0 Å². The van der Waals surface area contributed by atoms with Crippen LogP contribution in [0, 0.1) is 11.8 Å². The van der Waals surface area contributed by atoms with E-state index in [1.54, 1.807) is 0 Å². The number of fused-ring (bicyclic) bond motifs is 2. The number of hydrogen-bond acceptors (Lipinski definition) is 4. The summed E-state index contributed by atoms with van der Waals surface area (Å²) in [6.45, 7) is 3.90. The number of rotatable bonds is 5. The molecular weight excluding hydrogens is 326 g/mol. The molecule has 2 N–H and O–H groups in total. The first-order valence-corrected chi connectivity index (χ1v) is 10.2. The second-order valence-corrected chi connectivity index (χ2v) is 8.80. The third kappa shape index (κ3) is 3.21. The zero-order valence-corrected chi connectivity index (χ0v) is 14.6. The highest BCUT2D eigenvalue weighted by Crippen LogP contribution is 2.34. The van der Waals surface area contributed by atoms with E-state index in [4.69, 9.17) is 4.74 Å². The number of sulfonamides is 1. The predicted octanol–water partition coefficient (Wildman–Crippen LogP) is 1.16. The lowest BCUT2D eigenvalue weighted by atomic mass is 9.93. The third-order valence-electron chi connectivity index (χ3n) is 5.20. The van der Waals surface area contributed by atoms with Crippen molar-refractivity contribution in [2.45, 2.75) is 12.6 Å². The zero-order chi connectivity index (χ0) is 16.7. The molecule has 0 radical (unpaired) electrons. The summed E-state index contributed by atoms with van der Waals surface area (Å²) in [5.41, 5.74) is 2.48. The molecule has 2 aliphatic heterocycles. The van der Waals surface area contributed by atoms with Crippen molar-refractivity contribution in [2.75, 3.05) is 32.5 Å². The van der Waals surface area contributed by atoms with Crippen LogP contribution in [-0.2, 0) is 21.3 Å². The van der Waals surface area contributed by atoms with E-state index in [2.05, 4.69) is 38.9 Å². The van der Waals surface area contributed by atoms with Crippen LogP contribution in [0.2, 0.25) is 0 Å². The number of hydrogen-bond donors (Lipinski definition) is 2. The molecule has 0 bridgehead atoms. The number of H-pyrrole nitrogens is 1. The Balaban J connectivity index is 1.42. The average molecular weight is 349 g/mol. The van der Waals surface area contributed by atoms with Gasteiger partial charge in [0.15, 0.2) is 0 Å². The third-order valence-corrected chi connectivity index (χ3v) is 5.89. The number of benzene rings is 1. The number of nitrogens with zero attached hydrogens (tertiary/aromatic N) is 1. The number of ether oxygens (including phenoxy) is 1. The Morgan fingerprint density at radius 2 is 2.21 bits per heavy atom. The van der Waals surface area contributed by atoms with Crippen LogP contribution in [0.4, 0.5) is 0 Å². The standard InChI is InChI=1S/C17H23N3O3S/c1-24(21,22)19-7-13-11-23-17-10-20(9-15(13)17)8-12-3-2-4-16-14(12)5-6-18-16/h2-6,13,15,17-19H,7-11H2,1H3/t13-,15+,17+/m1/s1. The van der Waals surface area contributed by atoms with Gasteiger partial charge >= 0.3 is 0 Å². The average Bonchev–Trinajstić information content (AvgIpc) is 3.19. The van der Waals surface area contributed by atoms with E-state index >= 15 is 0 Å². The lowest BCUT2D eigenvalue weighted by Crippen LogP contribution is -2.33. The van der Waals surface area contributed by atoms with Gasteiger partial charge in [-0.25, -0.2) is 13.1 Å². The van der Waals surface area contributed by atoms with Crippen molar-refractivity contribution >= 4 is 20.9 Å². The van der Waals surface area contributed by atoms with E-state index in [1.807, 2.05) is 6.20 Å². The Hall–Kier alpha value is -1.41. The van der Waals surface area contributed by atoms with Crippen molar-refractivity contribution in [3.05, 3.63) is 36.0 Å². The number of likely N-dealkylation sites (tertiary alicyclic amines) is 1. The Morgan fingerprint density at radius 1 is 1.33 bits per heavy atom. The van der Waals surface area contributed by atoms with Crippen molar-refractivity contribution in [3.63, 3.8) is 0 Å². The smallest absolute Gasteiger partial charge is 0.208 e. The summed E-state index contributed by atoms with van der Waals surface area (Å²) in [6.07, 6.45) is 3.41. The van der Waals surface area contributed by atoms with Gasteiger partial charge in [-0.2, -0.15) is 0 Å². The molecule has 2 aromatic rings. The van der Waals surface area contributed by atoms with Gasteiger partial charge in [-0.1, -0.05) is 12.1 Å². The van der Waals surface area contributed by atoms with Crippen molar-refractivity contribution in [1.29, 1.82) is 0 Å². The fourth-order valence-corrected chi connectivity index (χ4v) is 4.52. The number of nitrogens with one attached hydrogen (secondary N) is 2. The van der Waals surface area contributed by atoms with Crippen LogP contribution < -0.4 is 4.72 Å². The van der Waals surface area contributed by atoms with Crippen molar-refractivity contribution in [3.8, 4) is 0 Å².